The third kappa shape index (κ3) is 2.98. The summed E-state index contributed by atoms with van der Waals surface area (Å²) in [5, 5.41) is 0.767. The summed E-state index contributed by atoms with van der Waals surface area (Å²) in [6.45, 7) is 0. The average molecular weight is 412 g/mol. The molecule has 1 atom stereocenters. The van der Waals surface area contributed by atoms with E-state index < -0.39 is 16.0 Å². The van der Waals surface area contributed by atoms with Gasteiger partial charge in [-0.2, -0.15) is 0 Å². The highest BCUT2D eigenvalue weighted by atomic mass is 127. The smallest absolute Gasteiger partial charge is 0.600 e. The number of fused-ring (bicyclic) bond motifs is 1. The highest BCUT2D eigenvalue weighted by Gasteiger charge is 2.49. The summed E-state index contributed by atoms with van der Waals surface area (Å²) in [6, 6.07) is 8.77. The Balaban J connectivity index is 0.00000147. The van der Waals surface area contributed by atoms with Gasteiger partial charge in [0, 0.05) is 17.4 Å². The zero-order chi connectivity index (χ0) is 13.5. The molecule has 0 N–H and O–H groups in total. The Bertz CT molecular complexity index is 582. The van der Waals surface area contributed by atoms with Crippen LogP contribution in [-0.2, 0) is 5.51 Å². The van der Waals surface area contributed by atoms with Gasteiger partial charge in [-0.15, -0.1) is 13.2 Å². The van der Waals surface area contributed by atoms with Crippen molar-refractivity contribution in [1.82, 2.24) is 0 Å². The lowest BCUT2D eigenvalue weighted by atomic mass is 9.88. The Kier molecular flexibility index (Phi) is 5.00. The molecule has 1 aliphatic rings. The van der Waals surface area contributed by atoms with E-state index in [-0.39, 0.29) is 29.9 Å². The fourth-order valence-electron chi connectivity index (χ4n) is 3.05. The van der Waals surface area contributed by atoms with Crippen molar-refractivity contribution in [2.75, 3.05) is 0 Å². The van der Waals surface area contributed by atoms with Gasteiger partial charge in [0.15, 0.2) is 9.58 Å². The van der Waals surface area contributed by atoms with Crippen LogP contribution in [0.5, 0.6) is 0 Å². The van der Waals surface area contributed by atoms with Gasteiger partial charge in [0.25, 0.3) is 0 Å². The SMILES string of the molecule is FC(F)(F)[s+]1c(C2CCCCC2)cc2ccccc21.[I-]. The molecule has 0 spiro atoms. The molecule has 5 heteroatoms. The van der Waals surface area contributed by atoms with E-state index in [2.05, 4.69) is 0 Å². The second-order valence-corrected chi connectivity index (χ2v) is 7.16. The van der Waals surface area contributed by atoms with Gasteiger partial charge in [0.2, 0.25) is 0 Å². The molecule has 0 nitrogen and oxygen atoms in total. The molecule has 1 saturated carbocycles. The number of hydrogen-bond donors (Lipinski definition) is 0. The van der Waals surface area contributed by atoms with Gasteiger partial charge >= 0.3 is 5.51 Å². The number of halogens is 4. The molecule has 1 fully saturated rings. The first-order chi connectivity index (χ1) is 9.07. The zero-order valence-corrected chi connectivity index (χ0v) is 13.9. The number of rotatable bonds is 1. The molecular formula is C15H16F3IS. The van der Waals surface area contributed by atoms with Crippen LogP contribution in [0.2, 0.25) is 0 Å². The van der Waals surface area contributed by atoms with Crippen molar-refractivity contribution in [2.45, 2.75) is 43.5 Å². The second kappa shape index (κ2) is 6.22. The summed E-state index contributed by atoms with van der Waals surface area (Å²) in [5.41, 5.74) is -4.14. The first-order valence-electron chi connectivity index (χ1n) is 6.69. The molecule has 1 aromatic carbocycles. The minimum atomic E-state index is -4.14. The fourth-order valence-corrected chi connectivity index (χ4v) is 5.22. The van der Waals surface area contributed by atoms with Crippen molar-refractivity contribution in [3.63, 3.8) is 0 Å². The highest BCUT2D eigenvalue weighted by Crippen LogP contribution is 2.54. The summed E-state index contributed by atoms with van der Waals surface area (Å²) in [6.07, 6.45) is 5.12. The summed E-state index contributed by atoms with van der Waals surface area (Å²) in [4.78, 5) is 0.633. The molecule has 110 valence electrons. The molecule has 1 unspecified atom stereocenters. The van der Waals surface area contributed by atoms with Crippen LogP contribution in [0.1, 0.15) is 42.9 Å². The van der Waals surface area contributed by atoms with Gasteiger partial charge in [-0.3, -0.25) is 0 Å². The monoisotopic (exact) mass is 412 g/mol. The van der Waals surface area contributed by atoms with Crippen molar-refractivity contribution in [2.24, 2.45) is 0 Å². The maximum Gasteiger partial charge on any atom is 0.600 e. The molecule has 1 heterocycles. The van der Waals surface area contributed by atoms with Crippen LogP contribution in [0.4, 0.5) is 13.2 Å². The molecular weight excluding hydrogens is 396 g/mol. The maximum absolute atomic E-state index is 13.4. The van der Waals surface area contributed by atoms with E-state index in [1.807, 2.05) is 12.1 Å². The molecule has 3 rings (SSSR count). The van der Waals surface area contributed by atoms with E-state index in [1.54, 1.807) is 18.2 Å². The van der Waals surface area contributed by atoms with Gasteiger partial charge in [0.05, 0.1) is 10.5 Å². The van der Waals surface area contributed by atoms with Crippen LogP contribution >= 0.6 is 10.5 Å². The van der Waals surface area contributed by atoms with Gasteiger partial charge in [0.1, 0.15) is 0 Å². The van der Waals surface area contributed by atoms with Crippen molar-refractivity contribution in [3.8, 4) is 0 Å². The second-order valence-electron chi connectivity index (χ2n) is 5.17. The van der Waals surface area contributed by atoms with E-state index >= 15 is 0 Å². The van der Waals surface area contributed by atoms with Crippen molar-refractivity contribution < 1.29 is 37.1 Å². The quantitative estimate of drug-likeness (QED) is 0.499. The largest absolute Gasteiger partial charge is 1.00 e. The van der Waals surface area contributed by atoms with Gasteiger partial charge < -0.3 is 24.0 Å². The van der Waals surface area contributed by atoms with Gasteiger partial charge in [-0.1, -0.05) is 31.4 Å². The van der Waals surface area contributed by atoms with E-state index in [9.17, 15) is 13.2 Å². The lowest BCUT2D eigenvalue weighted by molar-refractivity contribution is -0.0868. The van der Waals surface area contributed by atoms with Crippen LogP contribution in [0.15, 0.2) is 30.3 Å². The molecule has 1 aliphatic carbocycles. The predicted octanol–water partition coefficient (Wildman–Crippen LogP) is 3.12. The van der Waals surface area contributed by atoms with Crippen LogP contribution in [-0.4, -0.2) is 0 Å². The first kappa shape index (κ1) is 16.1. The van der Waals surface area contributed by atoms with E-state index in [0.717, 1.165) is 37.5 Å². The predicted molar refractivity (Wildman–Crippen MR) is 73.6 cm³/mol. The summed E-state index contributed by atoms with van der Waals surface area (Å²) < 4.78 is 40.7. The third-order valence-electron chi connectivity index (χ3n) is 3.91. The van der Waals surface area contributed by atoms with E-state index in [4.69, 9.17) is 0 Å². The Morgan fingerprint density at radius 2 is 1.65 bits per heavy atom. The summed E-state index contributed by atoms with van der Waals surface area (Å²) in [5.74, 6) is 0.131. The van der Waals surface area contributed by atoms with Crippen molar-refractivity contribution in [1.29, 1.82) is 0 Å². The molecule has 0 radical (unpaired) electrons. The molecule has 2 aromatic rings. The van der Waals surface area contributed by atoms with Gasteiger partial charge in [-0.05, 0) is 25.0 Å². The maximum atomic E-state index is 13.4. The molecule has 0 amide bonds. The van der Waals surface area contributed by atoms with Crippen molar-refractivity contribution >= 4 is 20.6 Å². The topological polar surface area (TPSA) is 0 Å². The molecule has 0 bridgehead atoms. The number of alkyl halides is 3. The average Bonchev–Trinajstić information content (AvgIpc) is 2.79. The Morgan fingerprint density at radius 1 is 1.00 bits per heavy atom. The normalized spacial score (nSPS) is 18.1. The van der Waals surface area contributed by atoms with Gasteiger partial charge in [-0.25, -0.2) is 0 Å². The van der Waals surface area contributed by atoms with Crippen LogP contribution < -0.4 is 24.0 Å². The Morgan fingerprint density at radius 3 is 2.30 bits per heavy atom. The van der Waals surface area contributed by atoms with Crippen LogP contribution in [0, 0.1) is 0 Å². The molecule has 20 heavy (non-hydrogen) atoms. The van der Waals surface area contributed by atoms with Crippen LogP contribution in [0.25, 0.3) is 10.1 Å². The standard InChI is InChI=1S/C15H16F3S.HI/c16-15(17,18)19-13-9-5-4-8-12(13)10-14(19)11-6-2-1-3-7-11;/h4-5,8-11H,1-3,6-7H2;1H/q+1;/p-1. The summed E-state index contributed by atoms with van der Waals surface area (Å²) >= 11 is 0. The van der Waals surface area contributed by atoms with E-state index in [0.29, 0.717) is 9.58 Å². The zero-order valence-electron chi connectivity index (χ0n) is 10.9. The minimum absolute atomic E-state index is 0. The summed E-state index contributed by atoms with van der Waals surface area (Å²) in [7, 11) is -1.69. The number of hydrogen-bond acceptors (Lipinski definition) is 0. The fraction of sp³-hybridized carbons (Fsp3) is 0.467. The Labute approximate surface area is 136 Å². The van der Waals surface area contributed by atoms with E-state index in [1.165, 1.54) is 0 Å². The molecule has 0 saturated heterocycles. The minimum Gasteiger partial charge on any atom is -1.00 e. The molecule has 0 aliphatic heterocycles. The third-order valence-corrected chi connectivity index (χ3v) is 6.11. The Hall–Kier alpha value is -0.300. The lowest BCUT2D eigenvalue weighted by Crippen LogP contribution is -3.00. The van der Waals surface area contributed by atoms with Crippen LogP contribution in [0.3, 0.4) is 0 Å². The lowest BCUT2D eigenvalue weighted by Gasteiger charge is -2.18. The van der Waals surface area contributed by atoms with Crippen molar-refractivity contribution in [3.05, 3.63) is 35.2 Å². The molecule has 1 aromatic heterocycles. The highest BCUT2D eigenvalue weighted by molar-refractivity contribution is 7.38. The number of benzene rings is 1. The number of thiophene rings is 1. The first-order valence-corrected chi connectivity index (χ1v) is 7.91.